The molecule has 0 fully saturated rings. The molecular formula is C15H14FNO3. The minimum Gasteiger partial charge on any atom is -0.478 e. The van der Waals surface area contributed by atoms with Crippen molar-refractivity contribution >= 4 is 5.97 Å². The number of hydrogen-bond acceptors (Lipinski definition) is 3. The standard InChI is InChI=1S/C15H14FNO3/c1-9(2)12-7-10(15(18)19)8-14(17-12)20-13-6-4-3-5-11(13)16/h3-9H,1-2H3,(H,18,19). The summed E-state index contributed by atoms with van der Waals surface area (Å²) in [5, 5.41) is 9.08. The summed E-state index contributed by atoms with van der Waals surface area (Å²) in [6.45, 7) is 3.78. The number of ether oxygens (including phenoxy) is 1. The second-order valence-electron chi connectivity index (χ2n) is 4.61. The van der Waals surface area contributed by atoms with Crippen LogP contribution in [0.3, 0.4) is 0 Å². The van der Waals surface area contributed by atoms with Gasteiger partial charge in [0.15, 0.2) is 11.6 Å². The minimum atomic E-state index is -1.08. The third kappa shape index (κ3) is 3.12. The van der Waals surface area contributed by atoms with Gasteiger partial charge in [0.05, 0.1) is 5.56 Å². The topological polar surface area (TPSA) is 59.4 Å². The molecule has 104 valence electrons. The van der Waals surface area contributed by atoms with Gasteiger partial charge < -0.3 is 9.84 Å². The molecule has 0 atom stereocenters. The van der Waals surface area contributed by atoms with Gasteiger partial charge in [-0.15, -0.1) is 0 Å². The monoisotopic (exact) mass is 275 g/mol. The van der Waals surface area contributed by atoms with Crippen LogP contribution in [0.25, 0.3) is 0 Å². The molecule has 2 aromatic rings. The molecular weight excluding hydrogens is 261 g/mol. The van der Waals surface area contributed by atoms with Crippen molar-refractivity contribution < 1.29 is 19.0 Å². The summed E-state index contributed by atoms with van der Waals surface area (Å²) >= 11 is 0. The lowest BCUT2D eigenvalue weighted by molar-refractivity contribution is 0.0696. The van der Waals surface area contributed by atoms with Gasteiger partial charge in [0, 0.05) is 11.8 Å². The van der Waals surface area contributed by atoms with Gasteiger partial charge in [-0.05, 0) is 24.1 Å². The van der Waals surface area contributed by atoms with Crippen LogP contribution in [0.15, 0.2) is 36.4 Å². The first-order valence-electron chi connectivity index (χ1n) is 6.15. The number of carboxylic acids is 1. The highest BCUT2D eigenvalue weighted by molar-refractivity contribution is 5.88. The SMILES string of the molecule is CC(C)c1cc(C(=O)O)cc(Oc2ccccc2F)n1. The molecule has 20 heavy (non-hydrogen) atoms. The Bertz CT molecular complexity index is 641. The Morgan fingerprint density at radius 1 is 1.30 bits per heavy atom. The van der Waals surface area contributed by atoms with Gasteiger partial charge in [-0.25, -0.2) is 14.2 Å². The normalized spacial score (nSPS) is 10.6. The molecule has 5 heteroatoms. The maximum Gasteiger partial charge on any atom is 0.335 e. The molecule has 1 heterocycles. The predicted molar refractivity (Wildman–Crippen MR) is 71.8 cm³/mol. The quantitative estimate of drug-likeness (QED) is 0.921. The Morgan fingerprint density at radius 3 is 2.60 bits per heavy atom. The van der Waals surface area contributed by atoms with E-state index in [1.54, 1.807) is 12.1 Å². The number of carboxylic acid groups (broad SMARTS) is 1. The van der Waals surface area contributed by atoms with Crippen LogP contribution in [-0.2, 0) is 0 Å². The van der Waals surface area contributed by atoms with Crippen LogP contribution >= 0.6 is 0 Å². The third-order valence-corrected chi connectivity index (χ3v) is 2.71. The van der Waals surface area contributed by atoms with E-state index in [2.05, 4.69) is 4.98 Å². The second kappa shape index (κ2) is 5.69. The Morgan fingerprint density at radius 2 is 2.00 bits per heavy atom. The van der Waals surface area contributed by atoms with Crippen molar-refractivity contribution in [3.8, 4) is 11.6 Å². The lowest BCUT2D eigenvalue weighted by atomic mass is 10.1. The van der Waals surface area contributed by atoms with Crippen molar-refractivity contribution in [2.45, 2.75) is 19.8 Å². The van der Waals surface area contributed by atoms with Gasteiger partial charge in [-0.3, -0.25) is 0 Å². The number of hydrogen-bond donors (Lipinski definition) is 1. The molecule has 0 saturated heterocycles. The van der Waals surface area contributed by atoms with Gasteiger partial charge in [-0.1, -0.05) is 26.0 Å². The van der Waals surface area contributed by atoms with Crippen molar-refractivity contribution in [1.82, 2.24) is 4.98 Å². The lowest BCUT2D eigenvalue weighted by Gasteiger charge is -2.10. The van der Waals surface area contributed by atoms with Gasteiger partial charge in [0.25, 0.3) is 0 Å². The highest BCUT2D eigenvalue weighted by atomic mass is 19.1. The van der Waals surface area contributed by atoms with Gasteiger partial charge >= 0.3 is 5.97 Å². The molecule has 0 aliphatic rings. The zero-order valence-electron chi connectivity index (χ0n) is 11.1. The molecule has 0 unspecified atom stereocenters. The number of para-hydroxylation sites is 1. The van der Waals surface area contributed by atoms with Crippen LogP contribution in [0.5, 0.6) is 11.6 Å². The van der Waals surface area contributed by atoms with E-state index in [9.17, 15) is 9.18 Å². The molecule has 0 amide bonds. The Labute approximate surface area is 115 Å². The van der Waals surface area contributed by atoms with E-state index in [0.29, 0.717) is 5.69 Å². The van der Waals surface area contributed by atoms with E-state index in [-0.39, 0.29) is 23.1 Å². The van der Waals surface area contributed by atoms with Crippen LogP contribution in [0, 0.1) is 5.82 Å². The fourth-order valence-corrected chi connectivity index (χ4v) is 1.64. The molecule has 1 aromatic heterocycles. The molecule has 0 spiro atoms. The van der Waals surface area contributed by atoms with Crippen LogP contribution in [0.2, 0.25) is 0 Å². The number of aromatic nitrogens is 1. The molecule has 0 aliphatic carbocycles. The van der Waals surface area contributed by atoms with Crippen molar-refractivity contribution in [2.75, 3.05) is 0 Å². The summed E-state index contributed by atoms with van der Waals surface area (Å²) in [5.74, 6) is -1.48. The largest absolute Gasteiger partial charge is 0.478 e. The van der Waals surface area contributed by atoms with Crippen LogP contribution < -0.4 is 4.74 Å². The fourth-order valence-electron chi connectivity index (χ4n) is 1.64. The first kappa shape index (κ1) is 14.0. The Kier molecular flexibility index (Phi) is 3.98. The van der Waals surface area contributed by atoms with Crippen LogP contribution in [-0.4, -0.2) is 16.1 Å². The van der Waals surface area contributed by atoms with Crippen molar-refractivity contribution in [2.24, 2.45) is 0 Å². The maximum atomic E-state index is 13.5. The highest BCUT2D eigenvalue weighted by Crippen LogP contribution is 2.25. The zero-order valence-corrected chi connectivity index (χ0v) is 11.1. The van der Waals surface area contributed by atoms with E-state index >= 15 is 0 Å². The molecule has 0 bridgehead atoms. The van der Waals surface area contributed by atoms with E-state index in [1.807, 2.05) is 13.8 Å². The summed E-state index contributed by atoms with van der Waals surface area (Å²) in [5.41, 5.74) is 0.645. The summed E-state index contributed by atoms with van der Waals surface area (Å²) < 4.78 is 18.9. The Hall–Kier alpha value is -2.43. The summed E-state index contributed by atoms with van der Waals surface area (Å²) in [7, 11) is 0. The van der Waals surface area contributed by atoms with E-state index < -0.39 is 11.8 Å². The minimum absolute atomic E-state index is 0.0113. The fraction of sp³-hybridized carbons (Fsp3) is 0.200. The first-order valence-corrected chi connectivity index (χ1v) is 6.15. The first-order chi connectivity index (χ1) is 9.47. The molecule has 4 nitrogen and oxygen atoms in total. The molecule has 1 N–H and O–H groups in total. The molecule has 0 saturated carbocycles. The smallest absolute Gasteiger partial charge is 0.335 e. The summed E-state index contributed by atoms with van der Waals surface area (Å²) in [4.78, 5) is 15.3. The molecule has 1 aromatic carbocycles. The number of aromatic carboxylic acids is 1. The number of nitrogens with zero attached hydrogens (tertiary/aromatic N) is 1. The van der Waals surface area contributed by atoms with Gasteiger partial charge in [0.2, 0.25) is 5.88 Å². The van der Waals surface area contributed by atoms with Gasteiger partial charge in [0.1, 0.15) is 0 Å². The molecule has 2 rings (SSSR count). The molecule has 0 aliphatic heterocycles. The highest BCUT2D eigenvalue weighted by Gasteiger charge is 2.13. The van der Waals surface area contributed by atoms with Crippen molar-refractivity contribution in [3.63, 3.8) is 0 Å². The average molecular weight is 275 g/mol. The third-order valence-electron chi connectivity index (χ3n) is 2.71. The maximum absolute atomic E-state index is 13.5. The lowest BCUT2D eigenvalue weighted by Crippen LogP contribution is -2.03. The Balaban J connectivity index is 2.41. The second-order valence-corrected chi connectivity index (χ2v) is 4.61. The number of pyridine rings is 1. The van der Waals surface area contributed by atoms with Crippen LogP contribution in [0.4, 0.5) is 4.39 Å². The number of carbonyl (C=O) groups is 1. The predicted octanol–water partition coefficient (Wildman–Crippen LogP) is 3.83. The number of benzene rings is 1. The van der Waals surface area contributed by atoms with E-state index in [1.165, 1.54) is 24.3 Å². The summed E-state index contributed by atoms with van der Waals surface area (Å²) in [6.07, 6.45) is 0. The van der Waals surface area contributed by atoms with Crippen LogP contribution in [0.1, 0.15) is 35.8 Å². The van der Waals surface area contributed by atoms with Crippen molar-refractivity contribution in [3.05, 3.63) is 53.5 Å². The average Bonchev–Trinajstić information content (AvgIpc) is 2.41. The number of rotatable bonds is 4. The van der Waals surface area contributed by atoms with E-state index in [0.717, 1.165) is 0 Å². The van der Waals surface area contributed by atoms with Gasteiger partial charge in [-0.2, -0.15) is 0 Å². The number of halogens is 1. The molecule has 0 radical (unpaired) electrons. The van der Waals surface area contributed by atoms with Crippen molar-refractivity contribution in [1.29, 1.82) is 0 Å². The zero-order chi connectivity index (χ0) is 14.7. The van der Waals surface area contributed by atoms with E-state index in [4.69, 9.17) is 9.84 Å². The summed E-state index contributed by atoms with van der Waals surface area (Å²) in [6, 6.07) is 8.66.